The second-order valence-electron chi connectivity index (χ2n) is 9.07. The summed E-state index contributed by atoms with van der Waals surface area (Å²) in [4.78, 5) is 39.0. The number of fused-ring (bicyclic) bond motifs is 1. The number of nitrogens with zero attached hydrogens (tertiary/aromatic N) is 3. The molecule has 0 radical (unpaired) electrons. The van der Waals surface area contributed by atoms with Crippen LogP contribution >= 0.6 is 0 Å². The Labute approximate surface area is 219 Å². The Morgan fingerprint density at radius 1 is 0.897 bits per heavy atom. The van der Waals surface area contributed by atoms with Gasteiger partial charge in [0, 0.05) is 51.5 Å². The van der Waals surface area contributed by atoms with Gasteiger partial charge in [0.1, 0.15) is 0 Å². The van der Waals surface area contributed by atoms with E-state index in [1.165, 1.54) is 5.56 Å². The van der Waals surface area contributed by atoms with Crippen LogP contribution in [0.2, 0.25) is 0 Å². The third-order valence-electron chi connectivity index (χ3n) is 6.28. The third-order valence-corrected chi connectivity index (χ3v) is 6.28. The zero-order chi connectivity index (χ0) is 29.2. The summed E-state index contributed by atoms with van der Waals surface area (Å²) in [7, 11) is 0. The van der Waals surface area contributed by atoms with Gasteiger partial charge in [-0.05, 0) is 35.4 Å². The van der Waals surface area contributed by atoms with Crippen molar-refractivity contribution in [2.75, 3.05) is 52.6 Å². The van der Waals surface area contributed by atoms with Crippen molar-refractivity contribution in [3.05, 3.63) is 30.1 Å². The smallest absolute Gasteiger partial charge is 0.475 e. The molecule has 3 saturated heterocycles. The van der Waals surface area contributed by atoms with E-state index in [0.717, 1.165) is 45.9 Å². The van der Waals surface area contributed by atoms with Crippen molar-refractivity contribution >= 4 is 17.8 Å². The van der Waals surface area contributed by atoms with Gasteiger partial charge in [-0.1, -0.05) is 0 Å². The molecule has 39 heavy (non-hydrogen) atoms. The number of aromatic nitrogens is 1. The number of carboxylic acid groups (broad SMARTS) is 2. The first-order valence-corrected chi connectivity index (χ1v) is 11.8. The molecule has 0 aromatic carbocycles. The molecule has 1 aromatic rings. The summed E-state index contributed by atoms with van der Waals surface area (Å²) in [5.74, 6) is -3.78. The highest BCUT2D eigenvalue weighted by atomic mass is 19.4. The Morgan fingerprint density at radius 2 is 1.44 bits per heavy atom. The van der Waals surface area contributed by atoms with Crippen LogP contribution in [0.5, 0.6) is 0 Å². The lowest BCUT2D eigenvalue weighted by Gasteiger charge is -2.35. The van der Waals surface area contributed by atoms with Crippen LogP contribution in [-0.2, 0) is 30.4 Å². The van der Waals surface area contributed by atoms with Crippen LogP contribution in [0, 0.1) is 17.8 Å². The number of alkyl halides is 6. The maximum Gasteiger partial charge on any atom is 0.490 e. The molecule has 3 aliphatic rings. The summed E-state index contributed by atoms with van der Waals surface area (Å²) in [6.07, 6.45) is -5.85. The number of likely N-dealkylation sites (tertiary alicyclic amines) is 1. The summed E-state index contributed by atoms with van der Waals surface area (Å²) < 4.78 is 74.7. The van der Waals surface area contributed by atoms with Crippen molar-refractivity contribution in [3.63, 3.8) is 0 Å². The van der Waals surface area contributed by atoms with Gasteiger partial charge in [0.05, 0.1) is 26.4 Å². The second-order valence-corrected chi connectivity index (χ2v) is 9.07. The molecule has 0 saturated carbocycles. The number of aliphatic carboxylic acids is 2. The Hall–Kier alpha value is -2.98. The maximum atomic E-state index is 12.6. The highest BCUT2D eigenvalue weighted by molar-refractivity contribution is 5.76. The van der Waals surface area contributed by atoms with Gasteiger partial charge in [0.2, 0.25) is 5.91 Å². The molecule has 3 aliphatic heterocycles. The number of halogens is 6. The number of rotatable bonds is 4. The molecule has 4 rings (SSSR count). The SMILES string of the molecule is O=C(C[C@@H]1COC[C@H]2CN(Cc3ccncc3)C[C@@H]12)N1CCOCC1.O=C(O)C(F)(F)F.O=C(O)C(F)(F)F. The molecular formula is C23H29F6N3O7. The highest BCUT2D eigenvalue weighted by Gasteiger charge is 2.42. The predicted molar refractivity (Wildman–Crippen MR) is 120 cm³/mol. The number of carboxylic acids is 2. The lowest BCUT2D eigenvalue weighted by molar-refractivity contribution is -0.193. The average molecular weight is 573 g/mol. The normalized spacial score (nSPS) is 23.4. The van der Waals surface area contributed by atoms with E-state index in [1.54, 1.807) is 0 Å². The van der Waals surface area contributed by atoms with E-state index >= 15 is 0 Å². The average Bonchev–Trinajstić information content (AvgIpc) is 3.28. The molecule has 0 bridgehead atoms. The van der Waals surface area contributed by atoms with Crippen LogP contribution in [-0.4, -0.2) is 108 Å². The van der Waals surface area contributed by atoms with Crippen LogP contribution in [0.4, 0.5) is 26.3 Å². The van der Waals surface area contributed by atoms with Gasteiger partial charge in [-0.2, -0.15) is 26.3 Å². The number of ether oxygens (including phenoxy) is 2. The Morgan fingerprint density at radius 3 is 1.95 bits per heavy atom. The van der Waals surface area contributed by atoms with Crippen molar-refractivity contribution in [3.8, 4) is 0 Å². The third kappa shape index (κ3) is 11.0. The number of hydrogen-bond acceptors (Lipinski definition) is 7. The molecule has 4 heterocycles. The molecule has 1 amide bonds. The number of carbonyl (C=O) groups is 3. The molecule has 10 nitrogen and oxygen atoms in total. The Balaban J connectivity index is 0.000000317. The van der Waals surface area contributed by atoms with E-state index in [0.29, 0.717) is 37.4 Å². The van der Waals surface area contributed by atoms with Gasteiger partial charge in [-0.3, -0.25) is 14.7 Å². The molecule has 0 unspecified atom stereocenters. The van der Waals surface area contributed by atoms with E-state index in [-0.39, 0.29) is 5.91 Å². The van der Waals surface area contributed by atoms with E-state index in [2.05, 4.69) is 22.0 Å². The Kier molecular flexibility index (Phi) is 11.9. The quantitative estimate of drug-likeness (QED) is 0.522. The first-order valence-electron chi connectivity index (χ1n) is 11.8. The number of pyridine rings is 1. The summed E-state index contributed by atoms with van der Waals surface area (Å²) in [5, 5.41) is 14.2. The molecular weight excluding hydrogens is 544 g/mol. The zero-order valence-corrected chi connectivity index (χ0v) is 20.7. The van der Waals surface area contributed by atoms with Gasteiger partial charge < -0.3 is 24.6 Å². The largest absolute Gasteiger partial charge is 0.490 e. The lowest BCUT2D eigenvalue weighted by Crippen LogP contribution is -2.44. The molecule has 2 N–H and O–H groups in total. The van der Waals surface area contributed by atoms with Crippen molar-refractivity contribution < 1.29 is 60.4 Å². The minimum Gasteiger partial charge on any atom is -0.475 e. The van der Waals surface area contributed by atoms with Crippen LogP contribution < -0.4 is 0 Å². The topological polar surface area (TPSA) is 130 Å². The Bertz CT molecular complexity index is 918. The van der Waals surface area contributed by atoms with E-state index in [1.807, 2.05) is 17.3 Å². The lowest BCUT2D eigenvalue weighted by atomic mass is 9.81. The molecule has 1 aromatic heterocycles. The number of carbonyl (C=O) groups excluding carboxylic acids is 1. The fraction of sp³-hybridized carbons (Fsp3) is 0.652. The first-order chi connectivity index (χ1) is 18.2. The van der Waals surface area contributed by atoms with E-state index in [9.17, 15) is 31.1 Å². The van der Waals surface area contributed by atoms with E-state index in [4.69, 9.17) is 29.3 Å². The highest BCUT2D eigenvalue weighted by Crippen LogP contribution is 2.36. The maximum absolute atomic E-state index is 12.6. The van der Waals surface area contributed by atoms with Gasteiger partial charge in [0.25, 0.3) is 0 Å². The predicted octanol–water partition coefficient (Wildman–Crippen LogP) is 2.29. The first kappa shape index (κ1) is 32.2. The van der Waals surface area contributed by atoms with Gasteiger partial charge >= 0.3 is 24.3 Å². The fourth-order valence-corrected chi connectivity index (χ4v) is 4.45. The summed E-state index contributed by atoms with van der Waals surface area (Å²) in [6, 6.07) is 4.16. The zero-order valence-electron chi connectivity index (χ0n) is 20.7. The molecule has 0 aliphatic carbocycles. The minimum atomic E-state index is -5.08. The summed E-state index contributed by atoms with van der Waals surface area (Å²) in [5.41, 5.74) is 1.30. The fourth-order valence-electron chi connectivity index (χ4n) is 4.45. The van der Waals surface area contributed by atoms with E-state index < -0.39 is 24.3 Å². The molecule has 16 heteroatoms. The number of amides is 1. The van der Waals surface area contributed by atoms with Crippen LogP contribution in [0.1, 0.15) is 12.0 Å². The summed E-state index contributed by atoms with van der Waals surface area (Å²) >= 11 is 0. The van der Waals surface area contributed by atoms with Gasteiger partial charge in [-0.25, -0.2) is 9.59 Å². The molecule has 3 fully saturated rings. The van der Waals surface area contributed by atoms with Crippen molar-refractivity contribution in [1.29, 1.82) is 0 Å². The number of morpholine rings is 1. The standard InChI is InChI=1S/C19H27N3O3.2C2HF3O2/c23-19(22-5-7-24-8-6-22)9-16-13-25-14-17-11-21(12-18(16)17)10-15-1-3-20-4-2-15;2*3-2(4,5)1(6)7/h1-4,16-18H,5-14H2;2*(H,6,7)/t16-,17-,18+;;/m1../s1. The molecule has 3 atom stereocenters. The minimum absolute atomic E-state index is 0.269. The van der Waals surface area contributed by atoms with Crippen LogP contribution in [0.15, 0.2) is 24.5 Å². The van der Waals surface area contributed by atoms with Gasteiger partial charge in [-0.15, -0.1) is 0 Å². The van der Waals surface area contributed by atoms with Crippen molar-refractivity contribution in [2.24, 2.45) is 17.8 Å². The van der Waals surface area contributed by atoms with Crippen LogP contribution in [0.25, 0.3) is 0 Å². The van der Waals surface area contributed by atoms with Crippen LogP contribution in [0.3, 0.4) is 0 Å². The van der Waals surface area contributed by atoms with Crippen molar-refractivity contribution in [1.82, 2.24) is 14.8 Å². The van der Waals surface area contributed by atoms with Gasteiger partial charge in [0.15, 0.2) is 0 Å². The molecule has 220 valence electrons. The number of hydrogen-bond donors (Lipinski definition) is 2. The summed E-state index contributed by atoms with van der Waals surface area (Å²) in [6.45, 7) is 7.44. The second kappa shape index (κ2) is 14.4. The van der Waals surface area contributed by atoms with Crippen molar-refractivity contribution in [2.45, 2.75) is 25.3 Å². The molecule has 0 spiro atoms. The monoisotopic (exact) mass is 573 g/mol.